The molecule has 20 heavy (non-hydrogen) atoms. The molecule has 1 nitrogen and oxygen atoms in total. The molecule has 0 radical (unpaired) electrons. The van der Waals surface area contributed by atoms with Crippen molar-refractivity contribution in [3.8, 4) is 0 Å². The first kappa shape index (κ1) is 15.1. The molecule has 0 spiro atoms. The molecule has 2 aromatic carbocycles. The van der Waals surface area contributed by atoms with Gasteiger partial charge in [0.1, 0.15) is 11.6 Å². The molecule has 0 aliphatic carbocycles. The maximum atomic E-state index is 13.6. The van der Waals surface area contributed by atoms with Crippen molar-refractivity contribution in [3.63, 3.8) is 0 Å². The molecule has 0 atom stereocenters. The van der Waals surface area contributed by atoms with Crippen LogP contribution in [0.3, 0.4) is 0 Å². The van der Waals surface area contributed by atoms with Gasteiger partial charge >= 0.3 is 0 Å². The predicted molar refractivity (Wildman–Crippen MR) is 81.6 cm³/mol. The monoisotopic (exact) mass is 400 g/mol. The summed E-state index contributed by atoms with van der Waals surface area (Å²) in [5.41, 5.74) is 0.606. The maximum absolute atomic E-state index is 13.6. The van der Waals surface area contributed by atoms with Crippen LogP contribution in [0, 0.1) is 11.6 Å². The van der Waals surface area contributed by atoms with E-state index in [0.717, 1.165) is 12.1 Å². The second kappa shape index (κ2) is 6.41. The van der Waals surface area contributed by atoms with E-state index in [1.165, 1.54) is 12.2 Å². The third kappa shape index (κ3) is 3.41. The van der Waals surface area contributed by atoms with Crippen molar-refractivity contribution < 1.29 is 13.6 Å². The predicted octanol–water partition coefficient (Wildman–Crippen LogP) is 5.39. The first-order chi connectivity index (χ1) is 9.49. The minimum Gasteiger partial charge on any atom is -0.289 e. The molecule has 5 heteroatoms. The average Bonchev–Trinajstić information content (AvgIpc) is 2.37. The largest absolute Gasteiger partial charge is 0.289 e. The van der Waals surface area contributed by atoms with Gasteiger partial charge in [0.05, 0.1) is 0 Å². The van der Waals surface area contributed by atoms with Gasteiger partial charge in [-0.05, 0) is 46.3 Å². The van der Waals surface area contributed by atoms with E-state index >= 15 is 0 Å². The molecule has 0 fully saturated rings. The minimum absolute atomic E-state index is 0.131. The van der Waals surface area contributed by atoms with Crippen molar-refractivity contribution in [2.75, 3.05) is 0 Å². The average molecular weight is 402 g/mol. The topological polar surface area (TPSA) is 17.1 Å². The van der Waals surface area contributed by atoms with Crippen LogP contribution in [0.25, 0.3) is 6.08 Å². The van der Waals surface area contributed by atoms with Gasteiger partial charge in [-0.1, -0.05) is 28.1 Å². The Morgan fingerprint density at radius 2 is 1.75 bits per heavy atom. The Morgan fingerprint density at radius 1 is 1.05 bits per heavy atom. The standard InChI is InChI=1S/C15H8Br2F2O/c16-12-4-2-1-3-11(12)15(20)6-5-10-13(17)7-9(18)8-14(10)19/h1-8H/b6-5+. The molecule has 2 rings (SSSR count). The Labute approximate surface area is 131 Å². The van der Waals surface area contributed by atoms with Gasteiger partial charge in [-0.25, -0.2) is 8.78 Å². The van der Waals surface area contributed by atoms with Crippen LogP contribution < -0.4 is 0 Å². The molecular weight excluding hydrogens is 394 g/mol. The Bertz CT molecular complexity index is 673. The molecular formula is C15H8Br2F2O. The number of hydrogen-bond acceptors (Lipinski definition) is 1. The Hall–Kier alpha value is -1.33. The number of hydrogen-bond donors (Lipinski definition) is 0. The lowest BCUT2D eigenvalue weighted by Gasteiger charge is -2.02. The van der Waals surface area contributed by atoms with Crippen LogP contribution in [0.4, 0.5) is 8.78 Å². The number of allylic oxidation sites excluding steroid dienone is 1. The van der Waals surface area contributed by atoms with Gasteiger partial charge in [-0.2, -0.15) is 0 Å². The zero-order valence-corrected chi connectivity index (χ0v) is 13.2. The van der Waals surface area contributed by atoms with Gasteiger partial charge in [0.15, 0.2) is 5.78 Å². The summed E-state index contributed by atoms with van der Waals surface area (Å²) in [5.74, 6) is -1.68. The molecule has 102 valence electrons. The van der Waals surface area contributed by atoms with Gasteiger partial charge in [0.2, 0.25) is 0 Å². The van der Waals surface area contributed by atoms with E-state index in [1.807, 2.05) is 0 Å². The minimum atomic E-state index is -0.729. The number of ketones is 1. The zero-order valence-electron chi connectivity index (χ0n) is 10.0. The highest BCUT2D eigenvalue weighted by Gasteiger charge is 2.09. The van der Waals surface area contributed by atoms with Crippen molar-refractivity contribution in [3.05, 3.63) is 74.2 Å². The Morgan fingerprint density at radius 3 is 2.40 bits per heavy atom. The normalized spacial score (nSPS) is 11.0. The van der Waals surface area contributed by atoms with Crippen LogP contribution in [0.15, 0.2) is 51.4 Å². The fourth-order valence-corrected chi connectivity index (χ4v) is 2.64. The molecule has 0 saturated heterocycles. The van der Waals surface area contributed by atoms with E-state index in [2.05, 4.69) is 31.9 Å². The van der Waals surface area contributed by atoms with E-state index in [-0.39, 0.29) is 15.8 Å². The molecule has 2 aromatic rings. The first-order valence-corrected chi connectivity index (χ1v) is 7.19. The lowest BCUT2D eigenvalue weighted by atomic mass is 10.1. The highest BCUT2D eigenvalue weighted by molar-refractivity contribution is 9.10. The lowest BCUT2D eigenvalue weighted by Crippen LogP contribution is -1.96. The smallest absolute Gasteiger partial charge is 0.186 e. The zero-order chi connectivity index (χ0) is 14.7. The van der Waals surface area contributed by atoms with Gasteiger partial charge in [0, 0.05) is 26.1 Å². The molecule has 0 aromatic heterocycles. The van der Waals surface area contributed by atoms with Crippen LogP contribution in [0.1, 0.15) is 15.9 Å². The summed E-state index contributed by atoms with van der Waals surface area (Å²) < 4.78 is 27.5. The van der Waals surface area contributed by atoms with Crippen molar-refractivity contribution in [2.45, 2.75) is 0 Å². The maximum Gasteiger partial charge on any atom is 0.186 e. The van der Waals surface area contributed by atoms with E-state index in [0.29, 0.717) is 10.0 Å². The third-order valence-corrected chi connectivity index (χ3v) is 3.93. The van der Waals surface area contributed by atoms with E-state index in [9.17, 15) is 13.6 Å². The molecule has 0 unspecified atom stereocenters. The number of carbonyl (C=O) groups excluding carboxylic acids is 1. The second-order valence-electron chi connectivity index (χ2n) is 3.96. The van der Waals surface area contributed by atoms with Crippen LogP contribution in [-0.4, -0.2) is 5.78 Å². The molecule has 0 saturated carbocycles. The van der Waals surface area contributed by atoms with E-state index < -0.39 is 11.6 Å². The fourth-order valence-electron chi connectivity index (χ4n) is 1.62. The summed E-state index contributed by atoms with van der Waals surface area (Å²) in [6, 6.07) is 8.85. The summed E-state index contributed by atoms with van der Waals surface area (Å²) in [5, 5.41) is 0. The Balaban J connectivity index is 2.31. The van der Waals surface area contributed by atoms with Crippen LogP contribution in [0.5, 0.6) is 0 Å². The van der Waals surface area contributed by atoms with Crippen molar-refractivity contribution >= 4 is 43.7 Å². The van der Waals surface area contributed by atoms with Crippen molar-refractivity contribution in [1.82, 2.24) is 0 Å². The molecule has 0 N–H and O–H groups in total. The quantitative estimate of drug-likeness (QED) is 0.498. The number of benzene rings is 2. The molecule has 0 bridgehead atoms. The Kier molecular flexibility index (Phi) is 4.83. The van der Waals surface area contributed by atoms with E-state index in [4.69, 9.17) is 0 Å². The SMILES string of the molecule is O=C(/C=C/c1c(F)cc(F)cc1Br)c1ccccc1Br. The summed E-state index contributed by atoms with van der Waals surface area (Å²) in [4.78, 5) is 12.0. The van der Waals surface area contributed by atoms with Crippen LogP contribution in [0.2, 0.25) is 0 Å². The molecule has 0 aliphatic heterocycles. The fraction of sp³-hybridized carbons (Fsp3) is 0. The van der Waals surface area contributed by atoms with Gasteiger partial charge in [0.25, 0.3) is 0 Å². The van der Waals surface area contributed by atoms with Crippen molar-refractivity contribution in [2.24, 2.45) is 0 Å². The number of carbonyl (C=O) groups is 1. The van der Waals surface area contributed by atoms with Gasteiger partial charge in [-0.15, -0.1) is 0 Å². The van der Waals surface area contributed by atoms with Crippen LogP contribution in [-0.2, 0) is 0 Å². The highest BCUT2D eigenvalue weighted by atomic mass is 79.9. The highest BCUT2D eigenvalue weighted by Crippen LogP contribution is 2.24. The molecule has 0 heterocycles. The first-order valence-electron chi connectivity index (χ1n) is 5.60. The summed E-state index contributed by atoms with van der Waals surface area (Å²) in [6.07, 6.45) is 2.57. The summed E-state index contributed by atoms with van der Waals surface area (Å²) in [7, 11) is 0. The summed E-state index contributed by atoms with van der Waals surface area (Å²) >= 11 is 6.34. The number of rotatable bonds is 3. The second-order valence-corrected chi connectivity index (χ2v) is 5.67. The summed E-state index contributed by atoms with van der Waals surface area (Å²) in [6.45, 7) is 0. The number of halogens is 4. The van der Waals surface area contributed by atoms with Gasteiger partial charge in [-0.3, -0.25) is 4.79 Å². The molecule has 0 aliphatic rings. The van der Waals surface area contributed by atoms with Crippen molar-refractivity contribution in [1.29, 1.82) is 0 Å². The lowest BCUT2D eigenvalue weighted by molar-refractivity contribution is 0.104. The third-order valence-electron chi connectivity index (χ3n) is 2.58. The van der Waals surface area contributed by atoms with Gasteiger partial charge < -0.3 is 0 Å². The van der Waals surface area contributed by atoms with E-state index in [1.54, 1.807) is 24.3 Å². The molecule has 0 amide bonds. The van der Waals surface area contributed by atoms with Crippen LogP contribution >= 0.6 is 31.9 Å².